The molecule has 0 bridgehead atoms. The van der Waals surface area contributed by atoms with Crippen LogP contribution in [-0.2, 0) is 11.2 Å². The Balaban J connectivity index is 1.69. The molecule has 1 aromatic heterocycles. The highest BCUT2D eigenvalue weighted by Crippen LogP contribution is 2.27. The first kappa shape index (κ1) is 23.7. The minimum Gasteiger partial charge on any atom is -0.497 e. The number of rotatable bonds is 10. The topological polar surface area (TPSA) is 82.3 Å². The van der Waals surface area contributed by atoms with Crippen LogP contribution in [0.2, 0.25) is 0 Å². The number of methoxy groups -OCH3 is 1. The number of carbonyl (C=O) groups is 1. The minimum absolute atomic E-state index is 0.0407. The predicted octanol–water partition coefficient (Wildman–Crippen LogP) is 2.29. The third-order valence-electron chi connectivity index (χ3n) is 5.64. The van der Waals surface area contributed by atoms with E-state index in [0.717, 1.165) is 31.0 Å². The highest BCUT2D eigenvalue weighted by atomic mass is 16.5. The van der Waals surface area contributed by atoms with Crippen LogP contribution in [0.1, 0.15) is 30.2 Å². The van der Waals surface area contributed by atoms with Gasteiger partial charge < -0.3 is 24.7 Å². The summed E-state index contributed by atoms with van der Waals surface area (Å²) in [6.07, 6.45) is 4.83. The van der Waals surface area contributed by atoms with E-state index in [1.54, 1.807) is 32.4 Å². The highest BCUT2D eigenvalue weighted by Gasteiger charge is 2.24. The fourth-order valence-corrected chi connectivity index (χ4v) is 3.77. The summed E-state index contributed by atoms with van der Waals surface area (Å²) < 4.78 is 10.9. The fourth-order valence-electron chi connectivity index (χ4n) is 3.77. The Bertz CT molecular complexity index is 860. The number of nitrogens with zero attached hydrogens (tertiary/aromatic N) is 3. The van der Waals surface area contributed by atoms with Crippen molar-refractivity contribution in [3.8, 4) is 5.75 Å². The van der Waals surface area contributed by atoms with E-state index in [4.69, 9.17) is 9.15 Å². The molecule has 0 aliphatic carbocycles. The van der Waals surface area contributed by atoms with Gasteiger partial charge in [-0.25, -0.2) is 4.99 Å². The number of hydrogen-bond donors (Lipinski definition) is 2. The summed E-state index contributed by atoms with van der Waals surface area (Å²) in [5, 5.41) is 6.80. The summed E-state index contributed by atoms with van der Waals surface area (Å²) in [5.74, 6) is 2.35. The van der Waals surface area contributed by atoms with E-state index in [0.29, 0.717) is 19.0 Å². The molecule has 0 spiro atoms. The van der Waals surface area contributed by atoms with Gasteiger partial charge in [0, 0.05) is 33.6 Å². The molecule has 1 aromatic carbocycles. The van der Waals surface area contributed by atoms with Crippen LogP contribution in [-0.4, -0.2) is 75.6 Å². The maximum Gasteiger partial charge on any atom is 0.243 e. The van der Waals surface area contributed by atoms with Gasteiger partial charge in [-0.3, -0.25) is 9.69 Å². The minimum atomic E-state index is -0.0407. The first-order valence-corrected chi connectivity index (χ1v) is 11.2. The Morgan fingerprint density at radius 2 is 2.03 bits per heavy atom. The number of nitrogens with one attached hydrogen (secondary N) is 2. The van der Waals surface area contributed by atoms with Gasteiger partial charge in [-0.2, -0.15) is 0 Å². The molecule has 32 heavy (non-hydrogen) atoms. The van der Waals surface area contributed by atoms with Crippen molar-refractivity contribution in [3.63, 3.8) is 0 Å². The third-order valence-corrected chi connectivity index (χ3v) is 5.64. The predicted molar refractivity (Wildman–Crippen MR) is 126 cm³/mol. The van der Waals surface area contributed by atoms with Crippen molar-refractivity contribution in [1.29, 1.82) is 0 Å². The van der Waals surface area contributed by atoms with Crippen LogP contribution < -0.4 is 15.4 Å². The summed E-state index contributed by atoms with van der Waals surface area (Å²) in [6, 6.07) is 12.3. The molecule has 8 nitrogen and oxygen atoms in total. The van der Waals surface area contributed by atoms with E-state index in [2.05, 4.69) is 32.7 Å². The lowest BCUT2D eigenvalue weighted by molar-refractivity contribution is -0.127. The third kappa shape index (κ3) is 7.02. The quantitative estimate of drug-likeness (QED) is 0.435. The van der Waals surface area contributed by atoms with Crippen molar-refractivity contribution in [3.05, 3.63) is 54.0 Å². The number of benzene rings is 1. The molecule has 1 aliphatic heterocycles. The second kappa shape index (κ2) is 12.1. The van der Waals surface area contributed by atoms with Gasteiger partial charge >= 0.3 is 0 Å². The maximum atomic E-state index is 12.1. The summed E-state index contributed by atoms with van der Waals surface area (Å²) in [7, 11) is 5.17. The Kier molecular flexibility index (Phi) is 8.98. The molecule has 174 valence electrons. The van der Waals surface area contributed by atoms with Crippen molar-refractivity contribution < 1.29 is 13.9 Å². The smallest absolute Gasteiger partial charge is 0.243 e. The molecule has 1 saturated heterocycles. The maximum absolute atomic E-state index is 12.1. The standard InChI is InChI=1S/C24H35N5O3/c1-28(2)23(30)18-27-24(25-12-11-20-10-7-15-32-20)26-17-22(29-13-4-5-14-29)19-8-6-9-21(16-19)31-3/h6-10,15-16,22H,4-5,11-14,17-18H2,1-3H3,(H2,25,26,27). The lowest BCUT2D eigenvalue weighted by Crippen LogP contribution is -2.43. The van der Waals surface area contributed by atoms with Crippen LogP contribution >= 0.6 is 0 Å². The van der Waals surface area contributed by atoms with Crippen molar-refractivity contribution in [2.24, 2.45) is 4.99 Å². The highest BCUT2D eigenvalue weighted by molar-refractivity contribution is 5.84. The van der Waals surface area contributed by atoms with Crippen molar-refractivity contribution in [2.45, 2.75) is 25.3 Å². The van der Waals surface area contributed by atoms with E-state index in [9.17, 15) is 4.79 Å². The lowest BCUT2D eigenvalue weighted by atomic mass is 10.1. The van der Waals surface area contributed by atoms with Gasteiger partial charge in [0.05, 0.1) is 19.4 Å². The molecule has 0 radical (unpaired) electrons. The van der Waals surface area contributed by atoms with Crippen molar-refractivity contribution in [1.82, 2.24) is 20.4 Å². The second-order valence-electron chi connectivity index (χ2n) is 8.13. The molecule has 8 heteroatoms. The van der Waals surface area contributed by atoms with Crippen LogP contribution in [0.15, 0.2) is 52.1 Å². The van der Waals surface area contributed by atoms with E-state index in [1.807, 2.05) is 24.3 Å². The normalized spacial score (nSPS) is 15.4. The molecule has 2 aromatic rings. The van der Waals surface area contributed by atoms with Gasteiger partial charge in [0.15, 0.2) is 5.96 Å². The van der Waals surface area contributed by atoms with Crippen molar-refractivity contribution >= 4 is 11.9 Å². The molecule has 1 fully saturated rings. The number of aliphatic imine (C=N–C) groups is 1. The van der Waals surface area contributed by atoms with Crippen LogP contribution in [0, 0.1) is 0 Å². The SMILES string of the molecule is COc1cccc(C(CNC(=NCC(=O)N(C)C)NCCc2ccco2)N2CCCC2)c1. The number of ether oxygens (including phenoxy) is 1. The Morgan fingerprint density at radius 3 is 2.72 bits per heavy atom. The molecule has 3 rings (SSSR count). The average molecular weight is 442 g/mol. The number of hydrogen-bond acceptors (Lipinski definition) is 5. The molecule has 1 unspecified atom stereocenters. The molecular weight excluding hydrogens is 406 g/mol. The zero-order valence-electron chi connectivity index (χ0n) is 19.3. The fraction of sp³-hybridized carbons (Fsp3) is 0.500. The molecule has 1 aliphatic rings. The number of amides is 1. The molecule has 0 saturated carbocycles. The van der Waals surface area contributed by atoms with Gasteiger partial charge in [0.2, 0.25) is 5.91 Å². The summed E-state index contributed by atoms with van der Waals surface area (Å²) in [4.78, 5) is 20.6. The average Bonchev–Trinajstić information content (AvgIpc) is 3.51. The van der Waals surface area contributed by atoms with Gasteiger partial charge in [-0.05, 0) is 55.8 Å². The summed E-state index contributed by atoms with van der Waals surface area (Å²) >= 11 is 0. The van der Waals surface area contributed by atoms with E-state index < -0.39 is 0 Å². The first-order valence-electron chi connectivity index (χ1n) is 11.2. The Hall–Kier alpha value is -3.00. The summed E-state index contributed by atoms with van der Waals surface area (Å²) in [6.45, 7) is 3.57. The second-order valence-corrected chi connectivity index (χ2v) is 8.13. The lowest BCUT2D eigenvalue weighted by Gasteiger charge is -2.29. The molecule has 1 amide bonds. The van der Waals surface area contributed by atoms with Crippen LogP contribution in [0.5, 0.6) is 5.75 Å². The van der Waals surface area contributed by atoms with Gasteiger partial charge in [-0.1, -0.05) is 12.1 Å². The van der Waals surface area contributed by atoms with E-state index >= 15 is 0 Å². The molecular formula is C24H35N5O3. The summed E-state index contributed by atoms with van der Waals surface area (Å²) in [5.41, 5.74) is 1.21. The number of guanidine groups is 1. The van der Waals surface area contributed by atoms with Gasteiger partial charge in [-0.15, -0.1) is 0 Å². The molecule has 2 N–H and O–H groups in total. The van der Waals surface area contributed by atoms with Crippen LogP contribution in [0.4, 0.5) is 0 Å². The van der Waals surface area contributed by atoms with Crippen molar-refractivity contribution in [2.75, 3.05) is 53.9 Å². The first-order chi connectivity index (χ1) is 15.6. The van der Waals surface area contributed by atoms with Gasteiger partial charge in [0.1, 0.15) is 18.1 Å². The van der Waals surface area contributed by atoms with E-state index in [-0.39, 0.29) is 18.5 Å². The number of likely N-dealkylation sites (N-methyl/N-ethyl adjacent to an activating group) is 1. The largest absolute Gasteiger partial charge is 0.497 e. The zero-order chi connectivity index (χ0) is 22.8. The zero-order valence-corrected chi connectivity index (χ0v) is 19.3. The number of furan rings is 1. The monoisotopic (exact) mass is 441 g/mol. The molecule has 1 atom stereocenters. The van der Waals surface area contributed by atoms with Crippen LogP contribution in [0.3, 0.4) is 0 Å². The Labute approximate surface area is 190 Å². The number of likely N-dealkylation sites (tertiary alicyclic amines) is 1. The Morgan fingerprint density at radius 1 is 1.22 bits per heavy atom. The number of carbonyl (C=O) groups excluding carboxylic acids is 1. The van der Waals surface area contributed by atoms with E-state index in [1.165, 1.54) is 18.4 Å². The molecule has 2 heterocycles. The van der Waals surface area contributed by atoms with Crippen LogP contribution in [0.25, 0.3) is 0 Å². The van der Waals surface area contributed by atoms with Gasteiger partial charge in [0.25, 0.3) is 0 Å².